The van der Waals surface area contributed by atoms with E-state index in [1.807, 2.05) is 24.3 Å². The third-order valence-corrected chi connectivity index (χ3v) is 5.99. The lowest BCUT2D eigenvalue weighted by atomic mass is 9.86. The first-order valence-electron chi connectivity index (χ1n) is 10.5. The molecule has 2 unspecified atom stereocenters. The lowest BCUT2D eigenvalue weighted by molar-refractivity contribution is -0.120. The van der Waals surface area contributed by atoms with Gasteiger partial charge < -0.3 is 15.3 Å². The number of para-hydroxylation sites is 1. The Kier molecular flexibility index (Phi) is 4.90. The van der Waals surface area contributed by atoms with Gasteiger partial charge in [-0.1, -0.05) is 31.2 Å². The molecule has 5 rings (SSSR count). The number of phenols is 2. The monoisotopic (exact) mass is 443 g/mol. The van der Waals surface area contributed by atoms with Crippen molar-refractivity contribution in [2.45, 2.75) is 26.4 Å². The molecule has 1 aliphatic rings. The van der Waals surface area contributed by atoms with Crippen LogP contribution < -0.4 is 0 Å². The summed E-state index contributed by atoms with van der Waals surface area (Å²) in [6.45, 7) is 3.24. The summed E-state index contributed by atoms with van der Waals surface area (Å²) in [5, 5.41) is 36.0. The molecule has 4 aromatic rings. The number of phenolic OH excluding ortho intramolecular Hbond substituents is 2. The number of fused-ring (bicyclic) bond motifs is 1. The zero-order valence-corrected chi connectivity index (χ0v) is 18.0. The lowest BCUT2D eigenvalue weighted by Gasteiger charge is -2.22. The number of hydrogen-bond acceptors (Lipinski definition) is 8. The number of aliphatic hydroxyl groups is 1. The van der Waals surface area contributed by atoms with Gasteiger partial charge in [-0.15, -0.1) is 0 Å². The molecule has 0 saturated heterocycles. The number of hydrogen-bond donors (Lipinski definition) is 3. The highest BCUT2D eigenvalue weighted by molar-refractivity contribution is 6.21. The van der Waals surface area contributed by atoms with Crippen molar-refractivity contribution < 1.29 is 20.1 Å². The minimum Gasteiger partial charge on any atom is -0.508 e. The summed E-state index contributed by atoms with van der Waals surface area (Å²) in [6.07, 6.45) is 2.84. The molecular formula is C24H21N5O4. The molecular weight excluding hydrogens is 422 g/mol. The van der Waals surface area contributed by atoms with Crippen LogP contribution in [0, 0.1) is 12.8 Å². The SMILES string of the molecule is Cc1c(O)ccc(-c2nc(C3=CCC(O)C(C)C3=O)nc(-n3ncc4ccccc43)n2)c1O. The van der Waals surface area contributed by atoms with Crippen molar-refractivity contribution in [1.29, 1.82) is 0 Å². The summed E-state index contributed by atoms with van der Waals surface area (Å²) < 4.78 is 1.54. The Hall–Kier alpha value is -4.11. The minimum absolute atomic E-state index is 0.0585. The summed E-state index contributed by atoms with van der Waals surface area (Å²) in [5.41, 5.74) is 1.61. The van der Waals surface area contributed by atoms with Crippen LogP contribution in [0.2, 0.25) is 0 Å². The van der Waals surface area contributed by atoms with E-state index >= 15 is 0 Å². The van der Waals surface area contributed by atoms with Crippen molar-refractivity contribution in [3.63, 3.8) is 0 Å². The molecule has 3 N–H and O–H groups in total. The summed E-state index contributed by atoms with van der Waals surface area (Å²) in [5.74, 6) is -0.662. The molecule has 0 radical (unpaired) electrons. The maximum absolute atomic E-state index is 12.9. The summed E-state index contributed by atoms with van der Waals surface area (Å²) in [6, 6.07) is 10.5. The number of aromatic nitrogens is 5. The molecule has 33 heavy (non-hydrogen) atoms. The Morgan fingerprint density at radius 1 is 1.03 bits per heavy atom. The Labute approximate surface area is 188 Å². The van der Waals surface area contributed by atoms with E-state index in [-0.39, 0.29) is 51.6 Å². The Balaban J connectivity index is 1.75. The number of aromatic hydroxyl groups is 2. The van der Waals surface area contributed by atoms with E-state index in [4.69, 9.17) is 0 Å². The molecule has 2 aromatic carbocycles. The lowest BCUT2D eigenvalue weighted by Crippen LogP contribution is -2.30. The second kappa shape index (κ2) is 7.79. The molecule has 0 amide bonds. The molecule has 2 aromatic heterocycles. The van der Waals surface area contributed by atoms with Gasteiger partial charge in [0.2, 0.25) is 0 Å². The first kappa shape index (κ1) is 20.8. The fraction of sp³-hybridized carbons (Fsp3) is 0.208. The minimum atomic E-state index is -0.763. The van der Waals surface area contributed by atoms with Gasteiger partial charge in [-0.2, -0.15) is 19.7 Å². The standard InChI is InChI=1S/C24H21N5O4/c1-12-18(30)9-7-15(20(12)32)22-26-23(16-8-10-19(31)13(2)21(16)33)28-24(27-22)29-17-6-4-3-5-14(17)11-25-29/h3-9,11,13,19,30-32H,10H2,1-2H3. The molecule has 0 fully saturated rings. The van der Waals surface area contributed by atoms with Crippen molar-refractivity contribution in [3.05, 3.63) is 60.1 Å². The van der Waals surface area contributed by atoms with Gasteiger partial charge in [0.25, 0.3) is 5.95 Å². The van der Waals surface area contributed by atoms with Crippen LogP contribution in [0.5, 0.6) is 11.5 Å². The van der Waals surface area contributed by atoms with Gasteiger partial charge in [0.1, 0.15) is 11.5 Å². The average Bonchev–Trinajstić information content (AvgIpc) is 3.25. The molecule has 9 nitrogen and oxygen atoms in total. The number of Topliss-reactive ketones (excluding diaryl/α,β-unsaturated/α-hetero) is 1. The quantitative estimate of drug-likeness (QED) is 0.440. The Morgan fingerprint density at radius 3 is 2.61 bits per heavy atom. The highest BCUT2D eigenvalue weighted by atomic mass is 16.3. The van der Waals surface area contributed by atoms with Crippen LogP contribution in [-0.2, 0) is 4.79 Å². The van der Waals surface area contributed by atoms with Crippen molar-refractivity contribution in [1.82, 2.24) is 24.7 Å². The van der Waals surface area contributed by atoms with E-state index in [0.717, 1.165) is 10.9 Å². The number of nitrogens with zero attached hydrogens (tertiary/aromatic N) is 5. The number of benzene rings is 2. The zero-order valence-electron chi connectivity index (χ0n) is 18.0. The Bertz CT molecular complexity index is 1440. The van der Waals surface area contributed by atoms with Crippen molar-refractivity contribution in [2.24, 2.45) is 5.92 Å². The van der Waals surface area contributed by atoms with Gasteiger partial charge in [0, 0.05) is 16.9 Å². The van der Waals surface area contributed by atoms with Crippen LogP contribution in [0.25, 0.3) is 33.8 Å². The number of ketones is 1. The first-order valence-corrected chi connectivity index (χ1v) is 10.5. The second-order valence-corrected chi connectivity index (χ2v) is 8.08. The average molecular weight is 443 g/mol. The van der Waals surface area contributed by atoms with Crippen molar-refractivity contribution in [2.75, 3.05) is 0 Å². The topological polar surface area (TPSA) is 134 Å². The highest BCUT2D eigenvalue weighted by Gasteiger charge is 2.31. The molecule has 0 aliphatic heterocycles. The number of rotatable bonds is 3. The van der Waals surface area contributed by atoms with Gasteiger partial charge >= 0.3 is 0 Å². The number of carbonyl (C=O) groups excluding carboxylic acids is 1. The third kappa shape index (κ3) is 3.42. The Morgan fingerprint density at radius 2 is 1.79 bits per heavy atom. The fourth-order valence-electron chi connectivity index (χ4n) is 3.87. The summed E-state index contributed by atoms with van der Waals surface area (Å²) in [4.78, 5) is 26.5. The molecule has 0 saturated carbocycles. The maximum atomic E-state index is 12.9. The molecule has 2 atom stereocenters. The van der Waals surface area contributed by atoms with Crippen LogP contribution in [0.1, 0.15) is 24.7 Å². The molecule has 9 heteroatoms. The summed E-state index contributed by atoms with van der Waals surface area (Å²) in [7, 11) is 0. The predicted octanol–water partition coefficient (Wildman–Crippen LogP) is 2.95. The van der Waals surface area contributed by atoms with Crippen LogP contribution in [0.15, 0.2) is 48.7 Å². The molecule has 1 aliphatic carbocycles. The zero-order chi connectivity index (χ0) is 23.3. The summed E-state index contributed by atoms with van der Waals surface area (Å²) >= 11 is 0. The molecule has 2 heterocycles. The van der Waals surface area contributed by atoms with Gasteiger partial charge in [-0.3, -0.25) is 4.79 Å². The highest BCUT2D eigenvalue weighted by Crippen LogP contribution is 2.36. The number of carbonyl (C=O) groups is 1. The smallest absolute Gasteiger partial charge is 0.255 e. The van der Waals surface area contributed by atoms with Crippen LogP contribution in [0.3, 0.4) is 0 Å². The predicted molar refractivity (Wildman–Crippen MR) is 121 cm³/mol. The normalized spacial score (nSPS) is 18.5. The van der Waals surface area contributed by atoms with Crippen molar-refractivity contribution in [3.8, 4) is 28.8 Å². The van der Waals surface area contributed by atoms with Gasteiger partial charge in [-0.25, -0.2) is 4.98 Å². The maximum Gasteiger partial charge on any atom is 0.255 e. The molecule has 166 valence electrons. The van der Waals surface area contributed by atoms with Crippen LogP contribution in [0.4, 0.5) is 0 Å². The number of aliphatic hydroxyl groups excluding tert-OH is 1. The van der Waals surface area contributed by atoms with Gasteiger partial charge in [-0.05, 0) is 31.5 Å². The fourth-order valence-corrected chi connectivity index (χ4v) is 3.87. The van der Waals surface area contributed by atoms with Crippen LogP contribution >= 0.6 is 0 Å². The van der Waals surface area contributed by atoms with E-state index < -0.39 is 12.0 Å². The van der Waals surface area contributed by atoms with Crippen molar-refractivity contribution >= 4 is 22.3 Å². The first-order chi connectivity index (χ1) is 15.8. The van der Waals surface area contributed by atoms with E-state index in [0.29, 0.717) is 6.42 Å². The van der Waals surface area contributed by atoms with E-state index in [9.17, 15) is 20.1 Å². The largest absolute Gasteiger partial charge is 0.508 e. The molecule has 0 spiro atoms. The van der Waals surface area contributed by atoms with E-state index in [2.05, 4.69) is 20.1 Å². The van der Waals surface area contributed by atoms with E-state index in [1.165, 1.54) is 12.1 Å². The second-order valence-electron chi connectivity index (χ2n) is 8.08. The number of allylic oxidation sites excluding steroid dienone is 1. The van der Waals surface area contributed by atoms with Gasteiger partial charge in [0.05, 0.1) is 29.0 Å². The molecule has 0 bridgehead atoms. The third-order valence-electron chi connectivity index (χ3n) is 5.99. The van der Waals surface area contributed by atoms with E-state index in [1.54, 1.807) is 30.8 Å². The van der Waals surface area contributed by atoms with Crippen LogP contribution in [-0.4, -0.2) is 51.9 Å². The van der Waals surface area contributed by atoms with Gasteiger partial charge in [0.15, 0.2) is 17.4 Å².